The Kier molecular flexibility index (Phi) is 8.16. The molecule has 0 spiro atoms. The molecule has 0 fully saturated rings. The van der Waals surface area contributed by atoms with Gasteiger partial charge in [0.2, 0.25) is 5.91 Å². The van der Waals surface area contributed by atoms with Gasteiger partial charge >= 0.3 is 0 Å². The van der Waals surface area contributed by atoms with E-state index in [1.54, 1.807) is 43.1 Å². The molecule has 0 saturated carbocycles. The second-order valence-electron chi connectivity index (χ2n) is 7.91. The van der Waals surface area contributed by atoms with Gasteiger partial charge in [0, 0.05) is 5.56 Å². The molecule has 2 aromatic carbocycles. The van der Waals surface area contributed by atoms with Gasteiger partial charge < -0.3 is 20.4 Å². The summed E-state index contributed by atoms with van der Waals surface area (Å²) in [5.41, 5.74) is 2.26. The van der Waals surface area contributed by atoms with Gasteiger partial charge in [-0.2, -0.15) is 11.8 Å². The Hall–Kier alpha value is -3.00. The van der Waals surface area contributed by atoms with E-state index in [-0.39, 0.29) is 23.8 Å². The van der Waals surface area contributed by atoms with Gasteiger partial charge in [-0.05, 0) is 60.7 Å². The lowest BCUT2D eigenvalue weighted by Crippen LogP contribution is -2.50. The van der Waals surface area contributed by atoms with Crippen LogP contribution in [0.2, 0.25) is 0 Å². The van der Waals surface area contributed by atoms with Gasteiger partial charge in [-0.15, -0.1) is 0 Å². The number of hydrogen-bond acceptors (Lipinski definition) is 5. The summed E-state index contributed by atoms with van der Waals surface area (Å²) < 4.78 is 5.14. The number of carbonyl (C=O) groups is 2. The lowest BCUT2D eigenvalue weighted by Gasteiger charge is -2.25. The maximum absolute atomic E-state index is 13.2. The number of hydrogen-bond donors (Lipinski definition) is 3. The molecule has 0 saturated heterocycles. The third kappa shape index (κ3) is 5.82. The molecule has 3 aromatic rings. The average molecular weight is 455 g/mol. The van der Waals surface area contributed by atoms with Crippen LogP contribution in [0.1, 0.15) is 42.5 Å². The first kappa shape index (κ1) is 23.7. The molecule has 1 heterocycles. The van der Waals surface area contributed by atoms with Crippen molar-refractivity contribution in [3.05, 3.63) is 59.9 Å². The lowest BCUT2D eigenvalue weighted by atomic mass is 10.0. The van der Waals surface area contributed by atoms with E-state index in [0.717, 1.165) is 29.0 Å². The number of aromatic amines is 1. The van der Waals surface area contributed by atoms with Crippen LogP contribution in [-0.2, 0) is 4.79 Å². The highest BCUT2D eigenvalue weighted by Gasteiger charge is 2.28. The van der Waals surface area contributed by atoms with Crippen LogP contribution < -0.4 is 15.4 Å². The van der Waals surface area contributed by atoms with E-state index in [9.17, 15) is 9.59 Å². The SMILES string of the molecule is COc1ccc(C(=O)N[C@H](C(=O)N[C@@H](CCSC)c2nc3ccccc3[nH]2)C(C)C)cc1. The number of amides is 2. The van der Waals surface area contributed by atoms with E-state index in [2.05, 4.69) is 20.6 Å². The van der Waals surface area contributed by atoms with Crippen LogP contribution in [-0.4, -0.2) is 46.9 Å². The minimum absolute atomic E-state index is 0.0888. The number of nitrogens with zero attached hydrogens (tertiary/aromatic N) is 1. The predicted octanol–water partition coefficient (Wildman–Crippen LogP) is 3.94. The van der Waals surface area contributed by atoms with Gasteiger partial charge in [-0.3, -0.25) is 9.59 Å². The molecule has 170 valence electrons. The summed E-state index contributed by atoms with van der Waals surface area (Å²) in [5.74, 6) is 1.64. The van der Waals surface area contributed by atoms with Gasteiger partial charge in [0.1, 0.15) is 17.6 Å². The van der Waals surface area contributed by atoms with Crippen LogP contribution in [0.25, 0.3) is 11.0 Å². The second kappa shape index (κ2) is 11.0. The minimum atomic E-state index is -0.675. The van der Waals surface area contributed by atoms with Crippen molar-refractivity contribution in [2.45, 2.75) is 32.4 Å². The average Bonchev–Trinajstić information content (AvgIpc) is 3.24. The number of aromatic nitrogens is 2. The molecular formula is C24H30N4O3S. The molecule has 0 aliphatic heterocycles. The lowest BCUT2D eigenvalue weighted by molar-refractivity contribution is -0.124. The third-order valence-electron chi connectivity index (χ3n) is 5.25. The summed E-state index contributed by atoms with van der Waals surface area (Å²) >= 11 is 1.71. The molecule has 8 heteroatoms. The number of carbonyl (C=O) groups excluding carboxylic acids is 2. The summed E-state index contributed by atoms with van der Waals surface area (Å²) in [6, 6.07) is 13.6. The maximum Gasteiger partial charge on any atom is 0.251 e. The standard InChI is InChI=1S/C24H30N4O3S/c1-15(2)21(28-23(29)16-9-11-17(31-3)12-10-16)24(30)27-20(13-14-32-4)22-25-18-7-5-6-8-19(18)26-22/h5-12,15,20-21H,13-14H2,1-4H3,(H,25,26)(H,27,30)(H,28,29)/t20-,21-/m0/s1. The van der Waals surface area contributed by atoms with Crippen LogP contribution in [0.5, 0.6) is 5.75 Å². The fraction of sp³-hybridized carbons (Fsp3) is 0.375. The number of methoxy groups -OCH3 is 1. The van der Waals surface area contributed by atoms with E-state index in [1.807, 2.05) is 44.4 Å². The summed E-state index contributed by atoms with van der Waals surface area (Å²) in [7, 11) is 1.57. The molecule has 32 heavy (non-hydrogen) atoms. The fourth-order valence-corrected chi connectivity index (χ4v) is 3.89. The van der Waals surface area contributed by atoms with Crippen molar-refractivity contribution in [3.63, 3.8) is 0 Å². The van der Waals surface area contributed by atoms with Gasteiger partial charge in [0.25, 0.3) is 5.91 Å². The van der Waals surface area contributed by atoms with Gasteiger partial charge in [0.15, 0.2) is 0 Å². The van der Waals surface area contributed by atoms with Crippen molar-refractivity contribution >= 4 is 34.6 Å². The van der Waals surface area contributed by atoms with Gasteiger partial charge in [-0.25, -0.2) is 4.98 Å². The monoisotopic (exact) mass is 454 g/mol. The molecule has 7 nitrogen and oxygen atoms in total. The molecule has 1 aromatic heterocycles. The number of benzene rings is 2. The molecular weight excluding hydrogens is 424 g/mol. The van der Waals surface area contributed by atoms with E-state index in [0.29, 0.717) is 11.3 Å². The van der Waals surface area contributed by atoms with Crippen LogP contribution in [0, 0.1) is 5.92 Å². The molecule has 0 aliphatic rings. The number of para-hydroxylation sites is 2. The van der Waals surface area contributed by atoms with E-state index < -0.39 is 6.04 Å². The Bertz CT molecular complexity index is 1020. The van der Waals surface area contributed by atoms with Crippen molar-refractivity contribution in [3.8, 4) is 5.75 Å². The number of rotatable bonds is 10. The number of nitrogens with one attached hydrogen (secondary N) is 3. The number of ether oxygens (including phenoxy) is 1. The number of H-pyrrole nitrogens is 1. The van der Waals surface area contributed by atoms with Crippen LogP contribution >= 0.6 is 11.8 Å². The molecule has 2 amide bonds. The van der Waals surface area contributed by atoms with Crippen LogP contribution in [0.3, 0.4) is 0 Å². The first-order valence-corrected chi connectivity index (χ1v) is 12.0. The van der Waals surface area contributed by atoms with Crippen molar-refractivity contribution in [2.24, 2.45) is 5.92 Å². The quantitative estimate of drug-likeness (QED) is 0.431. The topological polar surface area (TPSA) is 96.1 Å². The van der Waals surface area contributed by atoms with Gasteiger partial charge in [0.05, 0.1) is 24.2 Å². The van der Waals surface area contributed by atoms with Crippen molar-refractivity contribution in [2.75, 3.05) is 19.1 Å². The summed E-state index contributed by atoms with van der Waals surface area (Å²) in [5, 5.41) is 5.99. The Balaban J connectivity index is 1.75. The van der Waals surface area contributed by atoms with Crippen molar-refractivity contribution in [1.29, 1.82) is 0 Å². The minimum Gasteiger partial charge on any atom is -0.497 e. The highest BCUT2D eigenvalue weighted by molar-refractivity contribution is 7.98. The molecule has 0 aliphatic carbocycles. The summed E-state index contributed by atoms with van der Waals surface area (Å²) in [6.07, 6.45) is 2.76. The Morgan fingerprint density at radius 1 is 1.09 bits per heavy atom. The smallest absolute Gasteiger partial charge is 0.251 e. The normalized spacial score (nSPS) is 13.0. The number of thioether (sulfide) groups is 1. The van der Waals surface area contributed by atoms with E-state index in [4.69, 9.17) is 4.74 Å². The largest absolute Gasteiger partial charge is 0.497 e. The number of imidazole rings is 1. The summed E-state index contributed by atoms with van der Waals surface area (Å²) in [6.45, 7) is 3.83. The maximum atomic E-state index is 13.2. The molecule has 0 radical (unpaired) electrons. The highest BCUT2D eigenvalue weighted by Crippen LogP contribution is 2.21. The third-order valence-corrected chi connectivity index (χ3v) is 5.90. The molecule has 0 bridgehead atoms. The zero-order valence-electron chi connectivity index (χ0n) is 18.8. The zero-order chi connectivity index (χ0) is 23.1. The Morgan fingerprint density at radius 2 is 1.81 bits per heavy atom. The summed E-state index contributed by atoms with van der Waals surface area (Å²) in [4.78, 5) is 34.0. The van der Waals surface area contributed by atoms with Crippen LogP contribution in [0.4, 0.5) is 0 Å². The van der Waals surface area contributed by atoms with Gasteiger partial charge in [-0.1, -0.05) is 26.0 Å². The molecule has 3 rings (SSSR count). The second-order valence-corrected chi connectivity index (χ2v) is 8.89. The highest BCUT2D eigenvalue weighted by atomic mass is 32.2. The van der Waals surface area contributed by atoms with Crippen molar-refractivity contribution < 1.29 is 14.3 Å². The number of fused-ring (bicyclic) bond motifs is 1. The zero-order valence-corrected chi connectivity index (χ0v) is 19.7. The first-order chi connectivity index (χ1) is 15.4. The van der Waals surface area contributed by atoms with E-state index >= 15 is 0 Å². The van der Waals surface area contributed by atoms with E-state index in [1.165, 1.54) is 0 Å². The van der Waals surface area contributed by atoms with Crippen LogP contribution in [0.15, 0.2) is 48.5 Å². The fourth-order valence-electron chi connectivity index (χ4n) is 3.41. The van der Waals surface area contributed by atoms with Crippen molar-refractivity contribution in [1.82, 2.24) is 20.6 Å². The Morgan fingerprint density at radius 3 is 2.44 bits per heavy atom. The first-order valence-electron chi connectivity index (χ1n) is 10.6. The Labute approximate surface area is 192 Å². The molecule has 0 unspecified atom stereocenters. The molecule has 3 N–H and O–H groups in total. The predicted molar refractivity (Wildman–Crippen MR) is 129 cm³/mol. The molecule has 2 atom stereocenters.